The topological polar surface area (TPSA) is 62.5 Å². The van der Waals surface area contributed by atoms with Crippen molar-refractivity contribution in [1.82, 2.24) is 5.32 Å². The number of furan rings is 1. The van der Waals surface area contributed by atoms with Crippen molar-refractivity contribution >= 4 is 17.3 Å². The number of carbonyl (C=O) groups is 1. The minimum Gasteiger partial charge on any atom is -0.475 e. The van der Waals surface area contributed by atoms with Gasteiger partial charge in [-0.2, -0.15) is 11.3 Å². The van der Waals surface area contributed by atoms with Gasteiger partial charge < -0.3 is 14.8 Å². The van der Waals surface area contributed by atoms with Crippen LogP contribution in [0.3, 0.4) is 0 Å². The third-order valence-corrected chi connectivity index (χ3v) is 3.44. The van der Waals surface area contributed by atoms with Crippen molar-refractivity contribution in [2.75, 3.05) is 6.54 Å². The Morgan fingerprint density at radius 2 is 2.33 bits per heavy atom. The van der Waals surface area contributed by atoms with E-state index in [1.54, 1.807) is 17.4 Å². The van der Waals surface area contributed by atoms with Crippen molar-refractivity contribution in [3.05, 3.63) is 46.0 Å². The molecule has 0 aliphatic rings. The van der Waals surface area contributed by atoms with E-state index in [0.717, 1.165) is 13.0 Å². The molecule has 0 aromatic carbocycles. The van der Waals surface area contributed by atoms with Gasteiger partial charge in [-0.25, -0.2) is 4.79 Å². The summed E-state index contributed by atoms with van der Waals surface area (Å²) in [5.41, 5.74) is 1.31. The highest BCUT2D eigenvalue weighted by Gasteiger charge is 2.13. The molecule has 5 heteroatoms. The molecular formula is C13H15NO3S. The third kappa shape index (κ3) is 3.21. The molecule has 1 atom stereocenters. The Morgan fingerprint density at radius 3 is 2.94 bits per heavy atom. The van der Waals surface area contributed by atoms with Gasteiger partial charge in [0, 0.05) is 0 Å². The lowest BCUT2D eigenvalue weighted by atomic mass is 10.2. The van der Waals surface area contributed by atoms with Crippen LogP contribution in [0.4, 0.5) is 0 Å². The average Bonchev–Trinajstić information content (AvgIpc) is 2.99. The van der Waals surface area contributed by atoms with Gasteiger partial charge in [0.2, 0.25) is 5.76 Å². The van der Waals surface area contributed by atoms with E-state index < -0.39 is 5.97 Å². The molecule has 2 rings (SSSR count). The van der Waals surface area contributed by atoms with Gasteiger partial charge in [-0.1, -0.05) is 0 Å². The van der Waals surface area contributed by atoms with Crippen LogP contribution in [0.15, 0.2) is 33.4 Å². The molecule has 4 nitrogen and oxygen atoms in total. The largest absolute Gasteiger partial charge is 0.475 e. The third-order valence-electron chi connectivity index (χ3n) is 2.71. The first kappa shape index (κ1) is 12.9. The Morgan fingerprint density at radius 1 is 1.50 bits per heavy atom. The second-order valence-corrected chi connectivity index (χ2v) is 4.84. The number of hydrogen-bond acceptors (Lipinski definition) is 4. The summed E-state index contributed by atoms with van der Waals surface area (Å²) in [7, 11) is 0. The Balaban J connectivity index is 1.83. The zero-order chi connectivity index (χ0) is 13.0. The highest BCUT2D eigenvalue weighted by atomic mass is 32.1. The minimum absolute atomic E-state index is 0.0109. The molecule has 0 fully saturated rings. The Bertz CT molecular complexity index is 504. The maximum Gasteiger partial charge on any atom is 0.371 e. The fourth-order valence-electron chi connectivity index (χ4n) is 1.67. The molecule has 0 aliphatic carbocycles. The number of thiophene rings is 1. The number of carboxylic acids is 1. The van der Waals surface area contributed by atoms with E-state index in [2.05, 4.69) is 22.1 Å². The van der Waals surface area contributed by atoms with Crippen LogP contribution in [0.25, 0.3) is 0 Å². The average molecular weight is 265 g/mol. The lowest BCUT2D eigenvalue weighted by molar-refractivity contribution is 0.0659. The molecule has 0 spiro atoms. The first-order valence-electron chi connectivity index (χ1n) is 5.74. The minimum atomic E-state index is -1.04. The molecule has 0 saturated carbocycles. The Kier molecular flexibility index (Phi) is 4.17. The zero-order valence-corrected chi connectivity index (χ0v) is 10.9. The fraction of sp³-hybridized carbons (Fsp3) is 0.308. The maximum atomic E-state index is 10.7. The molecule has 2 aromatic rings. The first-order valence-corrected chi connectivity index (χ1v) is 6.68. The quantitative estimate of drug-likeness (QED) is 0.843. The van der Waals surface area contributed by atoms with E-state index in [1.165, 1.54) is 11.6 Å². The van der Waals surface area contributed by atoms with Crippen LogP contribution in [-0.2, 0) is 6.42 Å². The first-order chi connectivity index (χ1) is 8.66. The molecule has 0 amide bonds. The van der Waals surface area contributed by atoms with Gasteiger partial charge in [0.1, 0.15) is 5.76 Å². The molecule has 2 heterocycles. The summed E-state index contributed by atoms with van der Waals surface area (Å²) in [6.45, 7) is 2.79. The predicted molar refractivity (Wildman–Crippen MR) is 70.1 cm³/mol. The van der Waals surface area contributed by atoms with Crippen LogP contribution in [0.1, 0.15) is 34.8 Å². The summed E-state index contributed by atoms with van der Waals surface area (Å²) in [6.07, 6.45) is 0.959. The SMILES string of the molecule is CC(NCCc1ccsc1)c1ccc(C(=O)O)o1. The Hall–Kier alpha value is -1.59. The maximum absolute atomic E-state index is 10.7. The van der Waals surface area contributed by atoms with Gasteiger partial charge in [0.15, 0.2) is 0 Å². The summed E-state index contributed by atoms with van der Waals surface area (Å²) < 4.78 is 5.23. The zero-order valence-electron chi connectivity index (χ0n) is 10.1. The standard InChI is InChI=1S/C13H15NO3S/c1-9(11-2-3-12(17-11)13(15)16)14-6-4-10-5-7-18-8-10/h2-3,5,7-9,14H,4,6H2,1H3,(H,15,16). The summed E-state index contributed by atoms with van der Waals surface area (Å²) in [4.78, 5) is 10.7. The normalized spacial score (nSPS) is 12.5. The van der Waals surface area contributed by atoms with Crippen LogP contribution in [0, 0.1) is 0 Å². The molecule has 0 bridgehead atoms. The highest BCUT2D eigenvalue weighted by Crippen LogP contribution is 2.16. The molecule has 0 aliphatic heterocycles. The summed E-state index contributed by atoms with van der Waals surface area (Å²) in [5, 5.41) is 16.3. The molecular weight excluding hydrogens is 250 g/mol. The van der Waals surface area contributed by atoms with Gasteiger partial charge in [0.25, 0.3) is 0 Å². The number of nitrogens with one attached hydrogen (secondary N) is 1. The van der Waals surface area contributed by atoms with Gasteiger partial charge in [-0.15, -0.1) is 0 Å². The second kappa shape index (κ2) is 5.84. The van der Waals surface area contributed by atoms with Crippen molar-refractivity contribution in [2.45, 2.75) is 19.4 Å². The van der Waals surface area contributed by atoms with Crippen LogP contribution in [-0.4, -0.2) is 17.6 Å². The highest BCUT2D eigenvalue weighted by molar-refractivity contribution is 7.07. The van der Waals surface area contributed by atoms with Crippen molar-refractivity contribution in [2.24, 2.45) is 0 Å². The van der Waals surface area contributed by atoms with E-state index in [9.17, 15) is 4.79 Å². The monoisotopic (exact) mass is 265 g/mol. The van der Waals surface area contributed by atoms with Crippen molar-refractivity contribution < 1.29 is 14.3 Å². The van der Waals surface area contributed by atoms with E-state index in [4.69, 9.17) is 9.52 Å². The summed E-state index contributed by atoms with van der Waals surface area (Å²) >= 11 is 1.69. The van der Waals surface area contributed by atoms with Crippen LogP contribution in [0.5, 0.6) is 0 Å². The number of aromatic carboxylic acids is 1. The van der Waals surface area contributed by atoms with Gasteiger partial charge in [-0.05, 0) is 54.4 Å². The smallest absolute Gasteiger partial charge is 0.371 e. The molecule has 1 unspecified atom stereocenters. The van der Waals surface area contributed by atoms with Crippen molar-refractivity contribution in [1.29, 1.82) is 0 Å². The second-order valence-electron chi connectivity index (χ2n) is 4.06. The lowest BCUT2D eigenvalue weighted by Gasteiger charge is -2.10. The van der Waals surface area contributed by atoms with E-state index in [1.807, 2.05) is 6.92 Å². The fourth-order valence-corrected chi connectivity index (χ4v) is 2.37. The summed E-state index contributed by atoms with van der Waals surface area (Å²) in [6, 6.07) is 5.30. The Labute approximate surface area is 109 Å². The molecule has 0 radical (unpaired) electrons. The van der Waals surface area contributed by atoms with E-state index in [0.29, 0.717) is 5.76 Å². The van der Waals surface area contributed by atoms with Crippen molar-refractivity contribution in [3.63, 3.8) is 0 Å². The molecule has 2 aromatic heterocycles. The predicted octanol–water partition coefficient (Wildman–Crippen LogP) is 2.93. The number of rotatable bonds is 6. The number of hydrogen-bond donors (Lipinski definition) is 2. The van der Waals surface area contributed by atoms with E-state index in [-0.39, 0.29) is 11.8 Å². The molecule has 0 saturated heterocycles. The van der Waals surface area contributed by atoms with Crippen LogP contribution in [0.2, 0.25) is 0 Å². The lowest BCUT2D eigenvalue weighted by Crippen LogP contribution is -2.20. The van der Waals surface area contributed by atoms with Crippen LogP contribution < -0.4 is 5.32 Å². The van der Waals surface area contributed by atoms with Crippen molar-refractivity contribution in [3.8, 4) is 0 Å². The molecule has 2 N–H and O–H groups in total. The number of carboxylic acid groups (broad SMARTS) is 1. The molecule has 96 valence electrons. The summed E-state index contributed by atoms with van der Waals surface area (Å²) in [5.74, 6) is -0.402. The van der Waals surface area contributed by atoms with Gasteiger partial charge in [0.05, 0.1) is 6.04 Å². The van der Waals surface area contributed by atoms with E-state index >= 15 is 0 Å². The molecule has 18 heavy (non-hydrogen) atoms. The van der Waals surface area contributed by atoms with Crippen LogP contribution >= 0.6 is 11.3 Å². The van der Waals surface area contributed by atoms with Gasteiger partial charge >= 0.3 is 5.97 Å². The van der Waals surface area contributed by atoms with Gasteiger partial charge in [-0.3, -0.25) is 0 Å².